The maximum Gasteiger partial charge on any atom is 0.416 e. The summed E-state index contributed by atoms with van der Waals surface area (Å²) in [5.74, 6) is -0.737. The molecule has 0 aliphatic carbocycles. The largest absolute Gasteiger partial charge is 0.497 e. The monoisotopic (exact) mass is 591 g/mol. The molecule has 0 fully saturated rings. The first kappa shape index (κ1) is 31.5. The van der Waals surface area contributed by atoms with E-state index in [1.54, 1.807) is 30.3 Å². The molecule has 0 radical (unpaired) electrons. The van der Waals surface area contributed by atoms with Crippen molar-refractivity contribution in [3.63, 3.8) is 0 Å². The Balaban J connectivity index is 2.07. The molecule has 0 unspecified atom stereocenters. The average Bonchev–Trinajstić information content (AvgIpc) is 2.97. The van der Waals surface area contributed by atoms with Crippen LogP contribution in [0.15, 0.2) is 83.8 Å². The molecule has 0 spiro atoms. The lowest BCUT2D eigenvalue weighted by atomic mass is 10.1. The number of alkyl halides is 3. The number of carbonyl (C=O) groups is 2. The standard InChI is InChI=1S/C29H32F3N3O5S/c1-4-16-33-28(37)21(2)34(19-22-10-8-13-25(17-22)40-3)27(36)20-35(41(38,39)26-14-6-5-7-15-26)24-12-9-11-23(18-24)29(30,31)32/h5-15,17-18,21H,4,16,19-20H2,1-3H3,(H,33,37)/t21-/m0/s1. The fraction of sp³-hybridized carbons (Fsp3) is 0.310. The van der Waals surface area contributed by atoms with Crippen LogP contribution in [0.5, 0.6) is 5.75 Å². The van der Waals surface area contributed by atoms with E-state index in [4.69, 9.17) is 4.74 Å². The second kappa shape index (κ2) is 13.5. The van der Waals surface area contributed by atoms with Gasteiger partial charge < -0.3 is 15.0 Å². The van der Waals surface area contributed by atoms with E-state index in [0.717, 1.165) is 12.1 Å². The van der Waals surface area contributed by atoms with Crippen LogP contribution < -0.4 is 14.4 Å². The van der Waals surface area contributed by atoms with Crippen molar-refractivity contribution in [2.24, 2.45) is 0 Å². The number of methoxy groups -OCH3 is 1. The molecule has 0 heterocycles. The number of hydrogen-bond acceptors (Lipinski definition) is 5. The van der Waals surface area contributed by atoms with E-state index in [9.17, 15) is 31.2 Å². The van der Waals surface area contributed by atoms with E-state index in [0.29, 0.717) is 34.7 Å². The van der Waals surface area contributed by atoms with Crippen LogP contribution in [-0.2, 0) is 32.3 Å². The van der Waals surface area contributed by atoms with Gasteiger partial charge in [-0.15, -0.1) is 0 Å². The SMILES string of the molecule is CCCNC(=O)[C@H](C)N(Cc1cccc(OC)c1)C(=O)CN(c1cccc(C(F)(F)F)c1)S(=O)(=O)c1ccccc1. The van der Waals surface area contributed by atoms with Crippen molar-refractivity contribution in [3.8, 4) is 5.75 Å². The van der Waals surface area contributed by atoms with Gasteiger partial charge in [0.05, 0.1) is 23.3 Å². The summed E-state index contributed by atoms with van der Waals surface area (Å²) in [5, 5.41) is 2.73. The zero-order valence-electron chi connectivity index (χ0n) is 22.9. The lowest BCUT2D eigenvalue weighted by Crippen LogP contribution is -2.51. The van der Waals surface area contributed by atoms with Crippen molar-refractivity contribution in [3.05, 3.63) is 90.0 Å². The summed E-state index contributed by atoms with van der Waals surface area (Å²) < 4.78 is 74.0. The third kappa shape index (κ3) is 8.00. The molecule has 0 bridgehead atoms. The quantitative estimate of drug-likeness (QED) is 0.325. The molecule has 1 atom stereocenters. The van der Waals surface area contributed by atoms with Gasteiger partial charge in [-0.3, -0.25) is 13.9 Å². The number of nitrogens with one attached hydrogen (secondary N) is 1. The molecule has 3 rings (SSSR count). The number of amides is 2. The van der Waals surface area contributed by atoms with Crippen molar-refractivity contribution in [1.82, 2.24) is 10.2 Å². The van der Waals surface area contributed by atoms with Crippen LogP contribution in [0.25, 0.3) is 0 Å². The Labute approximate surface area is 237 Å². The summed E-state index contributed by atoms with van der Waals surface area (Å²) in [6.07, 6.45) is -4.09. The van der Waals surface area contributed by atoms with E-state index in [2.05, 4.69) is 5.32 Å². The van der Waals surface area contributed by atoms with Gasteiger partial charge in [0.2, 0.25) is 11.8 Å². The summed E-state index contributed by atoms with van der Waals surface area (Å²) in [5.41, 5.74) is -0.818. The van der Waals surface area contributed by atoms with Gasteiger partial charge in [-0.2, -0.15) is 13.2 Å². The highest BCUT2D eigenvalue weighted by molar-refractivity contribution is 7.92. The number of anilines is 1. The molecule has 220 valence electrons. The van der Waals surface area contributed by atoms with Crippen LogP contribution in [0.2, 0.25) is 0 Å². The summed E-state index contributed by atoms with van der Waals surface area (Å²) in [4.78, 5) is 27.7. The maximum absolute atomic E-state index is 13.9. The molecule has 0 saturated heterocycles. The van der Waals surface area contributed by atoms with Crippen LogP contribution in [0, 0.1) is 0 Å². The van der Waals surface area contributed by atoms with Crippen LogP contribution >= 0.6 is 0 Å². The molecule has 12 heteroatoms. The fourth-order valence-electron chi connectivity index (χ4n) is 4.03. The summed E-state index contributed by atoms with van der Waals surface area (Å²) in [6.45, 7) is 2.80. The third-order valence-electron chi connectivity index (χ3n) is 6.28. The summed E-state index contributed by atoms with van der Waals surface area (Å²) >= 11 is 0. The minimum Gasteiger partial charge on any atom is -0.497 e. The Hall–Kier alpha value is -4.06. The van der Waals surface area contributed by atoms with E-state index in [1.807, 2.05) is 6.92 Å². The Bertz CT molecular complexity index is 1450. The number of benzene rings is 3. The Morgan fingerprint density at radius 3 is 2.29 bits per heavy atom. The summed E-state index contributed by atoms with van der Waals surface area (Å²) in [6, 6.07) is 16.6. The first-order valence-corrected chi connectivity index (χ1v) is 14.3. The van der Waals surface area contributed by atoms with Gasteiger partial charge in [0.25, 0.3) is 10.0 Å². The van der Waals surface area contributed by atoms with Crippen LogP contribution in [0.1, 0.15) is 31.4 Å². The Morgan fingerprint density at radius 2 is 1.66 bits per heavy atom. The first-order chi connectivity index (χ1) is 19.4. The number of hydrogen-bond donors (Lipinski definition) is 1. The second-order valence-corrected chi connectivity index (χ2v) is 11.1. The highest BCUT2D eigenvalue weighted by Gasteiger charge is 2.35. The normalized spacial score (nSPS) is 12.3. The van der Waals surface area contributed by atoms with Crippen molar-refractivity contribution >= 4 is 27.5 Å². The van der Waals surface area contributed by atoms with Gasteiger partial charge >= 0.3 is 6.18 Å². The Kier molecular flexibility index (Phi) is 10.4. The van der Waals surface area contributed by atoms with Gasteiger partial charge in [-0.25, -0.2) is 8.42 Å². The molecule has 1 N–H and O–H groups in total. The fourth-order valence-corrected chi connectivity index (χ4v) is 5.46. The van der Waals surface area contributed by atoms with Crippen LogP contribution in [-0.4, -0.2) is 51.4 Å². The van der Waals surface area contributed by atoms with Crippen molar-refractivity contribution in [2.75, 3.05) is 24.5 Å². The topological polar surface area (TPSA) is 96.0 Å². The van der Waals surface area contributed by atoms with Crippen LogP contribution in [0.3, 0.4) is 0 Å². The molecule has 41 heavy (non-hydrogen) atoms. The predicted octanol–water partition coefficient (Wildman–Crippen LogP) is 4.85. The van der Waals surface area contributed by atoms with E-state index in [-0.39, 0.29) is 17.1 Å². The van der Waals surface area contributed by atoms with E-state index < -0.39 is 46.2 Å². The highest BCUT2D eigenvalue weighted by Crippen LogP contribution is 2.33. The predicted molar refractivity (Wildman–Crippen MR) is 149 cm³/mol. The molecular formula is C29H32F3N3O5S. The molecule has 2 amide bonds. The number of nitrogens with zero attached hydrogens (tertiary/aromatic N) is 2. The first-order valence-electron chi connectivity index (χ1n) is 12.8. The zero-order valence-corrected chi connectivity index (χ0v) is 23.7. The van der Waals surface area contributed by atoms with Gasteiger partial charge in [0.15, 0.2) is 0 Å². The molecule has 0 aromatic heterocycles. The number of halogens is 3. The number of sulfonamides is 1. The van der Waals surface area contributed by atoms with Gasteiger partial charge in [0.1, 0.15) is 18.3 Å². The molecule has 3 aromatic carbocycles. The molecule has 0 aliphatic heterocycles. The minimum atomic E-state index is -4.74. The number of ether oxygens (including phenoxy) is 1. The number of carbonyl (C=O) groups excluding carboxylic acids is 2. The zero-order chi connectivity index (χ0) is 30.2. The molecule has 0 aliphatic rings. The second-order valence-electron chi connectivity index (χ2n) is 9.21. The van der Waals surface area contributed by atoms with Crippen LogP contribution in [0.4, 0.5) is 18.9 Å². The van der Waals surface area contributed by atoms with Gasteiger partial charge in [0, 0.05) is 13.1 Å². The number of rotatable bonds is 12. The van der Waals surface area contributed by atoms with Crippen molar-refractivity contribution < 1.29 is 35.9 Å². The van der Waals surface area contributed by atoms with Crippen molar-refractivity contribution in [1.29, 1.82) is 0 Å². The average molecular weight is 592 g/mol. The van der Waals surface area contributed by atoms with E-state index in [1.165, 1.54) is 49.3 Å². The van der Waals surface area contributed by atoms with Crippen molar-refractivity contribution in [2.45, 2.75) is 43.9 Å². The smallest absolute Gasteiger partial charge is 0.416 e. The molecule has 3 aromatic rings. The van der Waals surface area contributed by atoms with Gasteiger partial charge in [-0.05, 0) is 61.4 Å². The maximum atomic E-state index is 13.9. The minimum absolute atomic E-state index is 0.0848. The lowest BCUT2D eigenvalue weighted by molar-refractivity contribution is -0.139. The lowest BCUT2D eigenvalue weighted by Gasteiger charge is -2.32. The third-order valence-corrected chi connectivity index (χ3v) is 8.06. The van der Waals surface area contributed by atoms with Gasteiger partial charge in [-0.1, -0.05) is 43.3 Å². The van der Waals surface area contributed by atoms with E-state index >= 15 is 0 Å². The molecule has 8 nitrogen and oxygen atoms in total. The highest BCUT2D eigenvalue weighted by atomic mass is 32.2. The Morgan fingerprint density at radius 1 is 0.976 bits per heavy atom. The molecule has 0 saturated carbocycles. The molecular weight excluding hydrogens is 559 g/mol. The summed E-state index contributed by atoms with van der Waals surface area (Å²) in [7, 11) is -3.01.